The molecule has 8 heteroatoms. The fraction of sp³-hybridized carbons (Fsp3) is 0.300. The number of piperidine rings is 1. The Morgan fingerprint density at radius 2 is 2.04 bits per heavy atom. The first-order valence-electron chi connectivity index (χ1n) is 9.15. The number of nitrogens with one attached hydrogen (secondary N) is 1. The van der Waals surface area contributed by atoms with Crippen LogP contribution in [0.15, 0.2) is 48.9 Å². The summed E-state index contributed by atoms with van der Waals surface area (Å²) in [5.74, 6) is 1.22. The Morgan fingerprint density at radius 1 is 1.21 bits per heavy atom. The quantitative estimate of drug-likeness (QED) is 0.732. The van der Waals surface area contributed by atoms with Gasteiger partial charge in [-0.1, -0.05) is 12.1 Å². The van der Waals surface area contributed by atoms with Crippen LogP contribution in [-0.4, -0.2) is 57.3 Å². The Bertz CT molecular complexity index is 936. The summed E-state index contributed by atoms with van der Waals surface area (Å²) in [7, 11) is 1.62. The molecule has 1 aromatic carbocycles. The van der Waals surface area contributed by atoms with E-state index in [1.165, 1.54) is 6.33 Å². The zero-order valence-corrected chi connectivity index (χ0v) is 15.5. The molecule has 3 aromatic rings. The summed E-state index contributed by atoms with van der Waals surface area (Å²) in [6, 6.07) is 11.1. The first kappa shape index (κ1) is 18.0. The van der Waals surface area contributed by atoms with Crippen molar-refractivity contribution in [3.05, 3.63) is 54.6 Å². The van der Waals surface area contributed by atoms with Gasteiger partial charge in [0.1, 0.15) is 23.9 Å². The van der Waals surface area contributed by atoms with Crippen molar-refractivity contribution < 1.29 is 14.3 Å². The minimum Gasteiger partial charge on any atom is -0.496 e. The third-order valence-corrected chi connectivity index (χ3v) is 4.76. The maximum Gasteiger partial charge on any atom is 0.271 e. The molecule has 1 amide bonds. The van der Waals surface area contributed by atoms with E-state index >= 15 is 0 Å². The fourth-order valence-electron chi connectivity index (χ4n) is 3.29. The van der Waals surface area contributed by atoms with Gasteiger partial charge in [0.2, 0.25) is 5.88 Å². The molecule has 0 unspecified atom stereocenters. The summed E-state index contributed by atoms with van der Waals surface area (Å²) >= 11 is 0. The number of para-hydroxylation sites is 1. The van der Waals surface area contributed by atoms with Crippen molar-refractivity contribution in [2.24, 2.45) is 0 Å². The van der Waals surface area contributed by atoms with E-state index in [1.807, 2.05) is 29.2 Å². The molecule has 0 atom stereocenters. The molecule has 1 aliphatic rings. The van der Waals surface area contributed by atoms with E-state index in [0.29, 0.717) is 30.4 Å². The average molecular weight is 379 g/mol. The molecular weight excluding hydrogens is 358 g/mol. The molecule has 1 fully saturated rings. The normalized spacial score (nSPS) is 14.7. The van der Waals surface area contributed by atoms with Crippen molar-refractivity contribution in [2.45, 2.75) is 18.9 Å². The summed E-state index contributed by atoms with van der Waals surface area (Å²) in [5.41, 5.74) is 2.00. The molecule has 0 aliphatic carbocycles. The van der Waals surface area contributed by atoms with Crippen LogP contribution in [-0.2, 0) is 0 Å². The highest BCUT2D eigenvalue weighted by Crippen LogP contribution is 2.28. The van der Waals surface area contributed by atoms with Crippen LogP contribution in [0.3, 0.4) is 0 Å². The molecule has 3 heterocycles. The molecule has 1 aliphatic heterocycles. The molecular formula is C20H21N5O3. The van der Waals surface area contributed by atoms with Crippen molar-refractivity contribution in [2.75, 3.05) is 20.2 Å². The predicted octanol–water partition coefficient (Wildman–Crippen LogP) is 2.56. The molecule has 8 nitrogen and oxygen atoms in total. The Labute approximate surface area is 162 Å². The van der Waals surface area contributed by atoms with Crippen LogP contribution < -0.4 is 9.47 Å². The number of rotatable bonds is 5. The number of benzene rings is 1. The number of ether oxygens (including phenoxy) is 2. The average Bonchev–Trinajstić information content (AvgIpc) is 3.24. The lowest BCUT2D eigenvalue weighted by atomic mass is 10.1. The Morgan fingerprint density at radius 3 is 2.79 bits per heavy atom. The van der Waals surface area contributed by atoms with Crippen molar-refractivity contribution in [1.82, 2.24) is 25.1 Å². The summed E-state index contributed by atoms with van der Waals surface area (Å²) in [6.07, 6.45) is 4.67. The van der Waals surface area contributed by atoms with Gasteiger partial charge in [-0.15, -0.1) is 0 Å². The standard InChI is InChI=1S/C20H21N5O3/c1-27-18-5-3-2-4-15(18)16-12-17(24-23-16)20(26)25-10-7-14(8-11-25)28-19-6-9-21-13-22-19/h2-6,9,12-14H,7-8,10-11H2,1H3,(H,23,24). The first-order chi connectivity index (χ1) is 13.7. The molecule has 4 rings (SSSR count). The number of aromatic nitrogens is 4. The number of carbonyl (C=O) groups is 1. The van der Waals surface area contributed by atoms with Crippen LogP contribution in [0.25, 0.3) is 11.3 Å². The van der Waals surface area contributed by atoms with Crippen LogP contribution >= 0.6 is 0 Å². The zero-order valence-electron chi connectivity index (χ0n) is 15.5. The lowest BCUT2D eigenvalue weighted by Gasteiger charge is -2.31. The van der Waals surface area contributed by atoms with Gasteiger partial charge in [0.25, 0.3) is 5.91 Å². The highest BCUT2D eigenvalue weighted by molar-refractivity contribution is 5.93. The van der Waals surface area contributed by atoms with Crippen molar-refractivity contribution in [3.63, 3.8) is 0 Å². The van der Waals surface area contributed by atoms with E-state index in [4.69, 9.17) is 9.47 Å². The van der Waals surface area contributed by atoms with Gasteiger partial charge in [-0.2, -0.15) is 5.10 Å². The number of hydrogen-bond acceptors (Lipinski definition) is 6. The highest BCUT2D eigenvalue weighted by atomic mass is 16.5. The van der Waals surface area contributed by atoms with Gasteiger partial charge in [-0.3, -0.25) is 9.89 Å². The number of likely N-dealkylation sites (tertiary alicyclic amines) is 1. The number of nitrogens with zero attached hydrogens (tertiary/aromatic N) is 4. The lowest BCUT2D eigenvalue weighted by Crippen LogP contribution is -2.42. The molecule has 1 N–H and O–H groups in total. The molecule has 0 bridgehead atoms. The molecule has 2 aromatic heterocycles. The second-order valence-electron chi connectivity index (χ2n) is 6.52. The van der Waals surface area contributed by atoms with Crippen LogP contribution in [0.2, 0.25) is 0 Å². The second kappa shape index (κ2) is 8.08. The minimum atomic E-state index is -0.0610. The topological polar surface area (TPSA) is 93.2 Å². The molecule has 1 saturated heterocycles. The van der Waals surface area contributed by atoms with E-state index in [9.17, 15) is 4.79 Å². The van der Waals surface area contributed by atoms with E-state index in [-0.39, 0.29) is 12.0 Å². The third kappa shape index (κ3) is 3.80. The lowest BCUT2D eigenvalue weighted by molar-refractivity contribution is 0.0582. The van der Waals surface area contributed by atoms with Crippen LogP contribution in [0.1, 0.15) is 23.3 Å². The number of aromatic amines is 1. The summed E-state index contributed by atoms with van der Waals surface area (Å²) < 4.78 is 11.2. The van der Waals surface area contributed by atoms with Gasteiger partial charge >= 0.3 is 0 Å². The van der Waals surface area contributed by atoms with Gasteiger partial charge in [-0.05, 0) is 18.2 Å². The van der Waals surface area contributed by atoms with Gasteiger partial charge < -0.3 is 14.4 Å². The van der Waals surface area contributed by atoms with Gasteiger partial charge in [-0.25, -0.2) is 9.97 Å². The van der Waals surface area contributed by atoms with Crippen molar-refractivity contribution in [1.29, 1.82) is 0 Å². The zero-order chi connectivity index (χ0) is 19.3. The predicted molar refractivity (Wildman–Crippen MR) is 102 cm³/mol. The number of hydrogen-bond donors (Lipinski definition) is 1. The maximum absolute atomic E-state index is 12.8. The number of carbonyl (C=O) groups excluding carboxylic acids is 1. The van der Waals surface area contributed by atoms with E-state index < -0.39 is 0 Å². The van der Waals surface area contributed by atoms with Crippen LogP contribution in [0, 0.1) is 0 Å². The number of H-pyrrole nitrogens is 1. The monoisotopic (exact) mass is 379 g/mol. The van der Waals surface area contributed by atoms with Gasteiger partial charge in [0, 0.05) is 43.8 Å². The van der Waals surface area contributed by atoms with Crippen molar-refractivity contribution >= 4 is 5.91 Å². The first-order valence-corrected chi connectivity index (χ1v) is 9.15. The molecule has 0 saturated carbocycles. The van der Waals surface area contributed by atoms with Crippen molar-refractivity contribution in [3.8, 4) is 22.9 Å². The van der Waals surface area contributed by atoms with Gasteiger partial charge in [0.15, 0.2) is 0 Å². The Kier molecular flexibility index (Phi) is 5.18. The van der Waals surface area contributed by atoms with Gasteiger partial charge in [0.05, 0.1) is 12.8 Å². The van der Waals surface area contributed by atoms with E-state index in [0.717, 1.165) is 24.2 Å². The molecule has 0 radical (unpaired) electrons. The molecule has 28 heavy (non-hydrogen) atoms. The third-order valence-electron chi connectivity index (χ3n) is 4.76. The maximum atomic E-state index is 12.8. The number of methoxy groups -OCH3 is 1. The van der Waals surface area contributed by atoms with E-state index in [1.54, 1.807) is 25.4 Å². The summed E-state index contributed by atoms with van der Waals surface area (Å²) in [5, 5.41) is 7.15. The van der Waals surface area contributed by atoms with Crippen LogP contribution in [0.5, 0.6) is 11.6 Å². The minimum absolute atomic E-state index is 0.0462. The second-order valence-corrected chi connectivity index (χ2v) is 6.52. The molecule has 0 spiro atoms. The summed E-state index contributed by atoms with van der Waals surface area (Å²) in [4.78, 5) is 22.6. The SMILES string of the molecule is COc1ccccc1-c1cc(C(=O)N2CCC(Oc3ccncn3)CC2)[nH]n1. The van der Waals surface area contributed by atoms with E-state index in [2.05, 4.69) is 20.2 Å². The number of amides is 1. The fourth-order valence-corrected chi connectivity index (χ4v) is 3.29. The van der Waals surface area contributed by atoms with Crippen LogP contribution in [0.4, 0.5) is 0 Å². The molecule has 144 valence electrons. The Balaban J connectivity index is 1.39. The highest BCUT2D eigenvalue weighted by Gasteiger charge is 2.26. The summed E-state index contributed by atoms with van der Waals surface area (Å²) in [6.45, 7) is 1.25. The smallest absolute Gasteiger partial charge is 0.271 e. The largest absolute Gasteiger partial charge is 0.496 e. The Hall–Kier alpha value is -3.42.